The Hall–Kier alpha value is -1.96. The molecule has 0 aliphatic rings. The van der Waals surface area contributed by atoms with Gasteiger partial charge in [0.05, 0.1) is 0 Å². The van der Waals surface area contributed by atoms with Crippen molar-refractivity contribution in [1.29, 1.82) is 0 Å². The predicted octanol–water partition coefficient (Wildman–Crippen LogP) is 4.20. The Morgan fingerprint density at radius 2 is 1.65 bits per heavy atom. The molecule has 2 aromatic rings. The summed E-state index contributed by atoms with van der Waals surface area (Å²) in [6.07, 6.45) is 0. The highest BCUT2D eigenvalue weighted by Gasteiger charge is 2.13. The van der Waals surface area contributed by atoms with E-state index < -0.39 is 0 Å². The molecule has 0 amide bonds. The van der Waals surface area contributed by atoms with E-state index in [1.54, 1.807) is 0 Å². The van der Waals surface area contributed by atoms with E-state index in [9.17, 15) is 0 Å². The van der Waals surface area contributed by atoms with Gasteiger partial charge in [-0.05, 0) is 34.7 Å². The molecule has 0 aliphatic heterocycles. The fourth-order valence-electron chi connectivity index (χ4n) is 2.24. The van der Waals surface area contributed by atoms with Crippen molar-refractivity contribution >= 4 is 11.4 Å². The van der Waals surface area contributed by atoms with Gasteiger partial charge < -0.3 is 10.6 Å². The monoisotopic (exact) mass is 268 g/mol. The highest BCUT2D eigenvalue weighted by atomic mass is 15.1. The van der Waals surface area contributed by atoms with Gasteiger partial charge in [0.15, 0.2) is 0 Å². The van der Waals surface area contributed by atoms with Crippen molar-refractivity contribution in [2.24, 2.45) is 0 Å². The van der Waals surface area contributed by atoms with Crippen LogP contribution in [0.2, 0.25) is 0 Å². The van der Waals surface area contributed by atoms with Crippen LogP contribution in [0.15, 0.2) is 48.5 Å². The second kappa shape index (κ2) is 5.58. The SMILES string of the molecule is CN(Cc1ccc(C(C)(C)C)cc1)c1cccc(N)c1. The van der Waals surface area contributed by atoms with E-state index in [1.165, 1.54) is 11.1 Å². The molecule has 2 N–H and O–H groups in total. The zero-order valence-corrected chi connectivity index (χ0v) is 12.9. The number of nitrogens with two attached hydrogens (primary N) is 1. The van der Waals surface area contributed by atoms with Crippen molar-refractivity contribution in [3.8, 4) is 0 Å². The summed E-state index contributed by atoms with van der Waals surface area (Å²) in [5.74, 6) is 0. The summed E-state index contributed by atoms with van der Waals surface area (Å²) in [6, 6.07) is 16.9. The first-order valence-corrected chi connectivity index (χ1v) is 7.02. The maximum atomic E-state index is 5.83. The molecule has 0 bridgehead atoms. The van der Waals surface area contributed by atoms with Crippen LogP contribution < -0.4 is 10.6 Å². The summed E-state index contributed by atoms with van der Waals surface area (Å²) < 4.78 is 0. The minimum Gasteiger partial charge on any atom is -0.399 e. The lowest BCUT2D eigenvalue weighted by Crippen LogP contribution is -2.17. The maximum Gasteiger partial charge on any atom is 0.0426 e. The van der Waals surface area contributed by atoms with Gasteiger partial charge >= 0.3 is 0 Å². The second-order valence-electron chi connectivity index (χ2n) is 6.40. The lowest BCUT2D eigenvalue weighted by atomic mass is 9.87. The van der Waals surface area contributed by atoms with Crippen molar-refractivity contribution in [2.45, 2.75) is 32.7 Å². The summed E-state index contributed by atoms with van der Waals surface area (Å²) in [5.41, 5.74) is 10.7. The first-order chi connectivity index (χ1) is 9.36. The van der Waals surface area contributed by atoms with E-state index >= 15 is 0 Å². The van der Waals surface area contributed by atoms with Gasteiger partial charge in [-0.1, -0.05) is 51.1 Å². The van der Waals surface area contributed by atoms with E-state index in [1.807, 2.05) is 18.2 Å². The van der Waals surface area contributed by atoms with Crippen molar-refractivity contribution in [2.75, 3.05) is 17.7 Å². The Labute approximate surface area is 122 Å². The molecule has 0 saturated carbocycles. The highest BCUT2D eigenvalue weighted by molar-refractivity contribution is 5.55. The average molecular weight is 268 g/mol. The Morgan fingerprint density at radius 1 is 1.00 bits per heavy atom. The molecule has 2 aromatic carbocycles. The Morgan fingerprint density at radius 3 is 2.20 bits per heavy atom. The Balaban J connectivity index is 2.10. The fourth-order valence-corrected chi connectivity index (χ4v) is 2.24. The second-order valence-corrected chi connectivity index (χ2v) is 6.40. The predicted molar refractivity (Wildman–Crippen MR) is 88.1 cm³/mol. The molecule has 0 radical (unpaired) electrons. The molecule has 0 saturated heterocycles. The van der Waals surface area contributed by atoms with Gasteiger partial charge in [0, 0.05) is 25.0 Å². The molecule has 0 aromatic heterocycles. The van der Waals surface area contributed by atoms with Crippen LogP contribution in [0.5, 0.6) is 0 Å². The summed E-state index contributed by atoms with van der Waals surface area (Å²) in [4.78, 5) is 2.21. The normalized spacial score (nSPS) is 11.4. The van der Waals surface area contributed by atoms with Crippen LogP contribution in [-0.4, -0.2) is 7.05 Å². The van der Waals surface area contributed by atoms with Crippen molar-refractivity contribution in [3.63, 3.8) is 0 Å². The molecule has 2 rings (SSSR count). The molecule has 0 spiro atoms. The molecule has 20 heavy (non-hydrogen) atoms. The van der Waals surface area contributed by atoms with E-state index in [0.29, 0.717) is 0 Å². The molecular formula is C18H24N2. The molecule has 106 valence electrons. The number of anilines is 2. The van der Waals surface area contributed by atoms with Gasteiger partial charge in [0.25, 0.3) is 0 Å². The van der Waals surface area contributed by atoms with E-state index in [4.69, 9.17) is 5.73 Å². The van der Waals surface area contributed by atoms with E-state index in [-0.39, 0.29) is 5.41 Å². The Bertz CT molecular complexity index is 565. The van der Waals surface area contributed by atoms with Gasteiger partial charge in [-0.3, -0.25) is 0 Å². The standard InChI is InChI=1S/C18H24N2/c1-18(2,3)15-10-8-14(9-11-15)13-20(4)17-7-5-6-16(19)12-17/h5-12H,13,19H2,1-4H3. The largest absolute Gasteiger partial charge is 0.399 e. The fraction of sp³-hybridized carbons (Fsp3) is 0.333. The lowest BCUT2D eigenvalue weighted by Gasteiger charge is -2.22. The first kappa shape index (κ1) is 14.4. The summed E-state index contributed by atoms with van der Waals surface area (Å²) >= 11 is 0. The number of benzene rings is 2. The molecular weight excluding hydrogens is 244 g/mol. The van der Waals surface area contributed by atoms with Crippen LogP contribution in [-0.2, 0) is 12.0 Å². The minimum absolute atomic E-state index is 0.207. The topological polar surface area (TPSA) is 29.3 Å². The zero-order valence-electron chi connectivity index (χ0n) is 12.9. The lowest BCUT2D eigenvalue weighted by molar-refractivity contribution is 0.590. The molecule has 0 heterocycles. The van der Waals surface area contributed by atoms with E-state index in [0.717, 1.165) is 17.9 Å². The number of rotatable bonds is 3. The quantitative estimate of drug-likeness (QED) is 0.845. The third kappa shape index (κ3) is 3.53. The third-order valence-corrected chi connectivity index (χ3v) is 3.55. The molecule has 0 aliphatic carbocycles. The third-order valence-electron chi connectivity index (χ3n) is 3.55. The Kier molecular flexibility index (Phi) is 4.03. The highest BCUT2D eigenvalue weighted by Crippen LogP contribution is 2.23. The van der Waals surface area contributed by atoms with Crippen LogP contribution in [0.4, 0.5) is 11.4 Å². The number of nitrogens with zero attached hydrogens (tertiary/aromatic N) is 1. The van der Waals surface area contributed by atoms with Crippen LogP contribution in [0.3, 0.4) is 0 Å². The van der Waals surface area contributed by atoms with Crippen LogP contribution in [0.1, 0.15) is 31.9 Å². The van der Waals surface area contributed by atoms with Crippen molar-refractivity contribution < 1.29 is 0 Å². The van der Waals surface area contributed by atoms with Gasteiger partial charge in [-0.25, -0.2) is 0 Å². The summed E-state index contributed by atoms with van der Waals surface area (Å²) in [5, 5.41) is 0. The van der Waals surface area contributed by atoms with Gasteiger partial charge in [0.1, 0.15) is 0 Å². The van der Waals surface area contributed by atoms with Crippen molar-refractivity contribution in [1.82, 2.24) is 0 Å². The van der Waals surface area contributed by atoms with Gasteiger partial charge in [-0.2, -0.15) is 0 Å². The van der Waals surface area contributed by atoms with Crippen molar-refractivity contribution in [3.05, 3.63) is 59.7 Å². The molecule has 0 atom stereocenters. The molecule has 2 heteroatoms. The maximum absolute atomic E-state index is 5.83. The smallest absolute Gasteiger partial charge is 0.0426 e. The van der Waals surface area contributed by atoms with Gasteiger partial charge in [-0.15, -0.1) is 0 Å². The molecule has 2 nitrogen and oxygen atoms in total. The number of hydrogen-bond donors (Lipinski definition) is 1. The van der Waals surface area contributed by atoms with Crippen LogP contribution >= 0.6 is 0 Å². The number of nitrogen functional groups attached to an aromatic ring is 1. The van der Waals surface area contributed by atoms with Crippen LogP contribution in [0.25, 0.3) is 0 Å². The summed E-state index contributed by atoms with van der Waals surface area (Å²) in [6.45, 7) is 7.59. The average Bonchev–Trinajstić information content (AvgIpc) is 2.38. The van der Waals surface area contributed by atoms with Crippen LogP contribution in [0, 0.1) is 0 Å². The minimum atomic E-state index is 0.207. The van der Waals surface area contributed by atoms with Gasteiger partial charge in [0.2, 0.25) is 0 Å². The zero-order chi connectivity index (χ0) is 14.8. The summed E-state index contributed by atoms with van der Waals surface area (Å²) in [7, 11) is 2.09. The van der Waals surface area contributed by atoms with E-state index in [2.05, 4.69) is 63.1 Å². The molecule has 0 fully saturated rings. The first-order valence-electron chi connectivity index (χ1n) is 7.02. The number of hydrogen-bond acceptors (Lipinski definition) is 2. The molecule has 0 unspecified atom stereocenters.